The van der Waals surface area contributed by atoms with Gasteiger partial charge >= 0.3 is 0 Å². The van der Waals surface area contributed by atoms with Gasteiger partial charge in [-0.25, -0.2) is 16.8 Å². The molecule has 1 aromatic heterocycles. The zero-order valence-corrected chi connectivity index (χ0v) is 26.6. The lowest BCUT2D eigenvalue weighted by molar-refractivity contribution is -0.667. The largest absolute Gasteiger partial charge is 0.748 e. The van der Waals surface area contributed by atoms with Crippen molar-refractivity contribution in [2.45, 2.75) is 46.6 Å². The van der Waals surface area contributed by atoms with Gasteiger partial charge in [-0.05, 0) is 73.0 Å². The van der Waals surface area contributed by atoms with Crippen molar-refractivity contribution in [3.63, 3.8) is 0 Å². The predicted molar refractivity (Wildman–Crippen MR) is 168 cm³/mol. The summed E-state index contributed by atoms with van der Waals surface area (Å²) < 4.78 is 77.4. The van der Waals surface area contributed by atoms with Gasteiger partial charge in [-0.3, -0.25) is 0 Å². The Balaban J connectivity index is 1.58. The molecule has 1 aliphatic rings. The number of rotatable bonds is 11. The zero-order chi connectivity index (χ0) is 30.9. The van der Waals surface area contributed by atoms with Crippen LogP contribution in [0.25, 0.3) is 27.1 Å². The molecule has 0 aliphatic carbocycles. The van der Waals surface area contributed by atoms with Crippen molar-refractivity contribution in [3.8, 4) is 5.75 Å². The molecule has 0 saturated heterocycles. The van der Waals surface area contributed by atoms with Crippen LogP contribution in [0.15, 0.2) is 66.1 Å². The Morgan fingerprint density at radius 1 is 0.977 bits per heavy atom. The molecule has 5 rings (SSSR count). The standard InChI is InChI=1S/C31H34N2O7S3/c1-4-23(19-29-32(13-7-15-42(34,35)36)26-17-21(2)22(3)18-27(26)40-29)20-30-33(14-8-16-43(37,38)39)31-25-10-6-5-9-24(25)11-12-28(31)41-30/h5-6,9-12,17-20H,4,7-8,13-16H2,1-3H3,(H-,34,35,36,37,38,39)/p-1. The molecular formula is C31H33N2O7S3-. The van der Waals surface area contributed by atoms with Crippen molar-refractivity contribution >= 4 is 64.3 Å². The van der Waals surface area contributed by atoms with E-state index in [0.717, 1.165) is 48.4 Å². The van der Waals surface area contributed by atoms with Crippen LogP contribution in [0.5, 0.6) is 5.75 Å². The molecule has 12 heteroatoms. The Labute approximate surface area is 256 Å². The first-order valence-electron chi connectivity index (χ1n) is 14.0. The summed E-state index contributed by atoms with van der Waals surface area (Å²) in [5, 5.41) is 3.00. The monoisotopic (exact) mass is 641 g/mol. The normalized spacial score (nSPS) is 15.0. The smallest absolute Gasteiger partial charge is 0.263 e. The van der Waals surface area contributed by atoms with Gasteiger partial charge < -0.3 is 18.7 Å². The fourth-order valence-corrected chi connectivity index (χ4v) is 7.40. The minimum Gasteiger partial charge on any atom is -0.748 e. The van der Waals surface area contributed by atoms with Gasteiger partial charge in [0, 0.05) is 36.6 Å². The van der Waals surface area contributed by atoms with Crippen LogP contribution in [-0.4, -0.2) is 44.0 Å². The van der Waals surface area contributed by atoms with Crippen molar-refractivity contribution in [2.75, 3.05) is 23.0 Å². The number of hydrogen-bond acceptors (Lipinski definition) is 9. The third kappa shape index (κ3) is 7.27. The topological polar surface area (TPSA) is 131 Å². The van der Waals surface area contributed by atoms with E-state index in [9.17, 15) is 25.9 Å². The molecule has 0 saturated carbocycles. The number of aromatic nitrogens is 1. The summed E-state index contributed by atoms with van der Waals surface area (Å²) >= 11 is 1.58. The highest BCUT2D eigenvalue weighted by Gasteiger charge is 2.28. The molecule has 0 bridgehead atoms. The number of fused-ring (bicyclic) bond motifs is 4. The maximum atomic E-state index is 11.4. The van der Waals surface area contributed by atoms with Crippen molar-refractivity contribution in [1.29, 1.82) is 0 Å². The maximum Gasteiger partial charge on any atom is 0.263 e. The molecule has 1 aliphatic heterocycles. The lowest BCUT2D eigenvalue weighted by Gasteiger charge is -2.19. The number of hydrogen-bond donors (Lipinski definition) is 0. The van der Waals surface area contributed by atoms with E-state index in [2.05, 4.69) is 16.7 Å². The van der Waals surface area contributed by atoms with E-state index < -0.39 is 31.7 Å². The van der Waals surface area contributed by atoms with E-state index in [0.29, 0.717) is 31.1 Å². The van der Waals surface area contributed by atoms with Crippen LogP contribution in [0.3, 0.4) is 0 Å². The summed E-state index contributed by atoms with van der Waals surface area (Å²) in [5.74, 6) is 0.279. The summed E-state index contributed by atoms with van der Waals surface area (Å²) in [4.78, 5) is 1.90. The van der Waals surface area contributed by atoms with Crippen LogP contribution in [0.1, 0.15) is 42.3 Å². The molecule has 0 atom stereocenters. The highest BCUT2D eigenvalue weighted by Crippen LogP contribution is 2.41. The van der Waals surface area contributed by atoms with Gasteiger partial charge in [0.2, 0.25) is 11.4 Å². The molecule has 3 aromatic carbocycles. The summed E-state index contributed by atoms with van der Waals surface area (Å²) in [6.07, 6.45) is 4.94. The van der Waals surface area contributed by atoms with Crippen molar-refractivity contribution in [1.82, 2.24) is 0 Å². The van der Waals surface area contributed by atoms with E-state index in [1.165, 1.54) is 0 Å². The first-order chi connectivity index (χ1) is 20.3. The third-order valence-corrected chi connectivity index (χ3v) is 10.2. The average Bonchev–Trinajstić information content (AvgIpc) is 3.44. The Morgan fingerprint density at radius 2 is 1.67 bits per heavy atom. The van der Waals surface area contributed by atoms with Crippen LogP contribution in [0.4, 0.5) is 5.69 Å². The molecule has 43 heavy (non-hydrogen) atoms. The molecule has 9 nitrogen and oxygen atoms in total. The van der Waals surface area contributed by atoms with Crippen molar-refractivity contribution in [3.05, 3.63) is 82.2 Å². The van der Waals surface area contributed by atoms with Gasteiger partial charge in [0.05, 0.1) is 31.3 Å². The first-order valence-corrected chi connectivity index (χ1v) is 18.0. The molecule has 0 N–H and O–H groups in total. The molecule has 0 radical (unpaired) electrons. The number of nitrogens with zero attached hydrogens (tertiary/aromatic N) is 2. The second kappa shape index (κ2) is 12.4. The van der Waals surface area contributed by atoms with Gasteiger partial charge in [0.1, 0.15) is 4.70 Å². The Morgan fingerprint density at radius 3 is 2.40 bits per heavy atom. The molecule has 2 heterocycles. The minimum atomic E-state index is -4.35. The Bertz CT molecular complexity index is 1980. The summed E-state index contributed by atoms with van der Waals surface area (Å²) in [6, 6.07) is 16.1. The maximum absolute atomic E-state index is 11.4. The number of thiazole rings is 1. The van der Waals surface area contributed by atoms with Crippen LogP contribution in [0.2, 0.25) is 0 Å². The molecule has 0 spiro atoms. The van der Waals surface area contributed by atoms with Crippen LogP contribution in [0, 0.1) is 13.8 Å². The van der Waals surface area contributed by atoms with Gasteiger partial charge in [-0.15, -0.1) is 0 Å². The van der Waals surface area contributed by atoms with E-state index >= 15 is 0 Å². The second-order valence-corrected chi connectivity index (χ2v) is 14.8. The van der Waals surface area contributed by atoms with E-state index in [1.807, 2.05) is 74.2 Å². The zero-order valence-electron chi connectivity index (χ0n) is 24.2. The summed E-state index contributed by atoms with van der Waals surface area (Å²) in [5.41, 5.74) is 4.85. The van der Waals surface area contributed by atoms with Gasteiger partial charge in [-0.2, -0.15) is 4.57 Å². The minimum absolute atomic E-state index is 0.149. The summed E-state index contributed by atoms with van der Waals surface area (Å²) in [7, 11) is -8.70. The highest BCUT2D eigenvalue weighted by molar-refractivity contribution is 7.85. The highest BCUT2D eigenvalue weighted by atomic mass is 32.2. The van der Waals surface area contributed by atoms with Crippen LogP contribution < -0.4 is 14.2 Å². The summed E-state index contributed by atoms with van der Waals surface area (Å²) in [6.45, 7) is 6.65. The van der Waals surface area contributed by atoms with Gasteiger partial charge in [0.25, 0.3) is 5.01 Å². The molecule has 228 valence electrons. The number of aryl methyl sites for hydroxylation is 3. The lowest BCUT2D eigenvalue weighted by atomic mass is 10.1. The SMILES string of the molecule is CCC(/C=C1\Oc2cc(C)c(C)cc2N1CCCS(=O)(=O)[O-])=C\c1sc2ccc3ccccc3c2[n+]1CCCS(=O)(=O)[O-]. The van der Waals surface area contributed by atoms with Crippen molar-refractivity contribution in [2.24, 2.45) is 0 Å². The number of ether oxygens (including phenoxy) is 1. The fraction of sp³-hybridized carbons (Fsp3) is 0.323. The van der Waals surface area contributed by atoms with Gasteiger partial charge in [-0.1, -0.05) is 42.5 Å². The van der Waals surface area contributed by atoms with E-state index in [4.69, 9.17) is 4.74 Å². The molecule has 0 fully saturated rings. The average molecular weight is 642 g/mol. The molecule has 0 unspecified atom stereocenters. The number of anilines is 1. The van der Waals surface area contributed by atoms with E-state index in [-0.39, 0.29) is 12.8 Å². The number of benzene rings is 3. The molecule has 4 aromatic rings. The Kier molecular flexibility index (Phi) is 8.96. The van der Waals surface area contributed by atoms with Crippen LogP contribution >= 0.6 is 11.3 Å². The second-order valence-electron chi connectivity index (χ2n) is 10.7. The van der Waals surface area contributed by atoms with Gasteiger partial charge in [0.15, 0.2) is 12.3 Å². The first kappa shape index (κ1) is 31.1. The quantitative estimate of drug-likeness (QED) is 0.158. The van der Waals surface area contributed by atoms with E-state index in [1.54, 1.807) is 11.3 Å². The lowest BCUT2D eigenvalue weighted by Crippen LogP contribution is -2.36. The number of allylic oxidation sites excluding steroid dienone is 2. The molecular weight excluding hydrogens is 609 g/mol. The molecule has 0 amide bonds. The third-order valence-electron chi connectivity index (χ3n) is 7.54. The Hall–Kier alpha value is -3.29. The van der Waals surface area contributed by atoms with Crippen molar-refractivity contribution < 1.29 is 35.2 Å². The predicted octanol–water partition coefficient (Wildman–Crippen LogP) is 5.36. The van der Waals surface area contributed by atoms with Crippen LogP contribution in [-0.2, 0) is 26.8 Å². The fourth-order valence-electron chi connectivity index (χ4n) is 5.26.